The molecule has 0 spiro atoms. The SMILES string of the molecule is NNC(Cc1ccc(Br)cc1F)c1cc2c(s1)CCC2. The summed E-state index contributed by atoms with van der Waals surface area (Å²) in [5.41, 5.74) is 4.96. The second-order valence-corrected chi connectivity index (χ2v) is 7.19. The van der Waals surface area contributed by atoms with Gasteiger partial charge in [0.25, 0.3) is 0 Å². The van der Waals surface area contributed by atoms with Crippen LogP contribution in [0.25, 0.3) is 0 Å². The summed E-state index contributed by atoms with van der Waals surface area (Å²) in [5, 5.41) is 0. The molecule has 20 heavy (non-hydrogen) atoms. The molecular formula is C15H16BrFN2S. The van der Waals surface area contributed by atoms with E-state index in [0.29, 0.717) is 12.0 Å². The van der Waals surface area contributed by atoms with Crippen LogP contribution in [0.2, 0.25) is 0 Å². The Morgan fingerprint density at radius 1 is 1.35 bits per heavy atom. The van der Waals surface area contributed by atoms with Gasteiger partial charge < -0.3 is 0 Å². The van der Waals surface area contributed by atoms with Crippen LogP contribution in [0.1, 0.15) is 33.3 Å². The van der Waals surface area contributed by atoms with E-state index in [9.17, 15) is 4.39 Å². The minimum Gasteiger partial charge on any atom is -0.271 e. The number of hydrazine groups is 1. The van der Waals surface area contributed by atoms with E-state index in [4.69, 9.17) is 5.84 Å². The molecule has 0 amide bonds. The fourth-order valence-electron chi connectivity index (χ4n) is 2.67. The van der Waals surface area contributed by atoms with Gasteiger partial charge in [-0.15, -0.1) is 11.3 Å². The molecule has 0 aliphatic heterocycles. The quantitative estimate of drug-likeness (QED) is 0.645. The highest BCUT2D eigenvalue weighted by Crippen LogP contribution is 2.35. The number of nitrogens with two attached hydrogens (primary N) is 1. The fourth-order valence-corrected chi connectivity index (χ4v) is 4.32. The standard InChI is InChI=1S/C15H16BrFN2S/c16-11-5-4-9(12(17)8-11)6-13(19-18)15-7-10-2-1-3-14(10)20-15/h4-5,7-8,13,19H,1-3,6,18H2. The number of thiophene rings is 1. The second-order valence-electron chi connectivity index (χ2n) is 5.11. The van der Waals surface area contributed by atoms with Crippen LogP contribution in [-0.4, -0.2) is 0 Å². The maximum Gasteiger partial charge on any atom is 0.127 e. The molecule has 1 atom stereocenters. The minimum absolute atomic E-state index is 0.0266. The Morgan fingerprint density at radius 2 is 2.20 bits per heavy atom. The Bertz CT molecular complexity index is 605. The molecule has 2 nitrogen and oxygen atoms in total. The van der Waals surface area contributed by atoms with Gasteiger partial charge in [-0.3, -0.25) is 11.3 Å². The maximum absolute atomic E-state index is 13.9. The van der Waals surface area contributed by atoms with Crippen molar-refractivity contribution in [1.82, 2.24) is 5.43 Å². The first-order valence-electron chi connectivity index (χ1n) is 6.69. The van der Waals surface area contributed by atoms with Gasteiger partial charge in [0.15, 0.2) is 0 Å². The van der Waals surface area contributed by atoms with E-state index in [2.05, 4.69) is 27.4 Å². The minimum atomic E-state index is -0.191. The lowest BCUT2D eigenvalue weighted by Gasteiger charge is -2.15. The zero-order chi connectivity index (χ0) is 14.1. The molecule has 0 saturated heterocycles. The molecular weight excluding hydrogens is 339 g/mol. The van der Waals surface area contributed by atoms with Crippen LogP contribution in [0.5, 0.6) is 0 Å². The molecule has 1 heterocycles. The number of hydrogen-bond donors (Lipinski definition) is 2. The number of benzene rings is 1. The van der Waals surface area contributed by atoms with E-state index >= 15 is 0 Å². The van der Waals surface area contributed by atoms with E-state index < -0.39 is 0 Å². The number of hydrogen-bond acceptors (Lipinski definition) is 3. The molecule has 1 aromatic heterocycles. The van der Waals surface area contributed by atoms with Gasteiger partial charge in [0.1, 0.15) is 5.82 Å². The second kappa shape index (κ2) is 5.93. The summed E-state index contributed by atoms with van der Waals surface area (Å²) in [7, 11) is 0. The van der Waals surface area contributed by atoms with Crippen LogP contribution >= 0.6 is 27.3 Å². The average Bonchev–Trinajstić information content (AvgIpc) is 2.98. The summed E-state index contributed by atoms with van der Waals surface area (Å²) in [4.78, 5) is 2.68. The molecule has 0 radical (unpaired) electrons. The van der Waals surface area contributed by atoms with Crippen molar-refractivity contribution < 1.29 is 4.39 Å². The van der Waals surface area contributed by atoms with Crippen molar-refractivity contribution in [2.24, 2.45) is 5.84 Å². The molecule has 1 aliphatic carbocycles. The van der Waals surface area contributed by atoms with Gasteiger partial charge >= 0.3 is 0 Å². The largest absolute Gasteiger partial charge is 0.271 e. The van der Waals surface area contributed by atoms with Crippen molar-refractivity contribution in [3.8, 4) is 0 Å². The molecule has 3 N–H and O–H groups in total. The van der Waals surface area contributed by atoms with Crippen molar-refractivity contribution >= 4 is 27.3 Å². The van der Waals surface area contributed by atoms with Crippen LogP contribution in [0.4, 0.5) is 4.39 Å². The Kier molecular flexibility index (Phi) is 4.21. The predicted molar refractivity (Wildman–Crippen MR) is 84.2 cm³/mol. The first-order chi connectivity index (χ1) is 9.67. The summed E-state index contributed by atoms with van der Waals surface area (Å²) in [6.07, 6.45) is 4.15. The molecule has 0 saturated carbocycles. The predicted octanol–water partition coefficient (Wildman–Crippen LogP) is 3.89. The Labute approximate surface area is 130 Å². The molecule has 1 aromatic carbocycles. The molecule has 1 unspecified atom stereocenters. The third kappa shape index (κ3) is 2.81. The fraction of sp³-hybridized carbons (Fsp3) is 0.333. The number of fused-ring (bicyclic) bond motifs is 1. The summed E-state index contributed by atoms with van der Waals surface area (Å²) in [6.45, 7) is 0. The topological polar surface area (TPSA) is 38.0 Å². The van der Waals surface area contributed by atoms with E-state index in [-0.39, 0.29) is 11.9 Å². The van der Waals surface area contributed by atoms with E-state index in [0.717, 1.165) is 10.9 Å². The van der Waals surface area contributed by atoms with Gasteiger partial charge in [0.05, 0.1) is 6.04 Å². The number of halogens is 2. The molecule has 3 rings (SSSR count). The lowest BCUT2D eigenvalue weighted by molar-refractivity contribution is 0.535. The van der Waals surface area contributed by atoms with Crippen LogP contribution < -0.4 is 11.3 Å². The Hall–Kier alpha value is -0.750. The first-order valence-corrected chi connectivity index (χ1v) is 8.30. The summed E-state index contributed by atoms with van der Waals surface area (Å²) >= 11 is 5.08. The Balaban J connectivity index is 1.82. The first kappa shape index (κ1) is 14.2. The monoisotopic (exact) mass is 354 g/mol. The highest BCUT2D eigenvalue weighted by atomic mass is 79.9. The summed E-state index contributed by atoms with van der Waals surface area (Å²) in [5.74, 6) is 5.49. The van der Waals surface area contributed by atoms with Gasteiger partial charge in [0, 0.05) is 14.2 Å². The van der Waals surface area contributed by atoms with Gasteiger partial charge in [-0.05, 0) is 55.0 Å². The lowest BCUT2D eigenvalue weighted by atomic mass is 10.0. The molecule has 5 heteroatoms. The van der Waals surface area contributed by atoms with Crippen LogP contribution in [0.3, 0.4) is 0 Å². The van der Waals surface area contributed by atoms with Crippen LogP contribution in [0.15, 0.2) is 28.7 Å². The smallest absolute Gasteiger partial charge is 0.127 e. The highest BCUT2D eigenvalue weighted by molar-refractivity contribution is 9.10. The lowest BCUT2D eigenvalue weighted by Crippen LogP contribution is -2.29. The van der Waals surface area contributed by atoms with E-state index in [1.54, 1.807) is 0 Å². The maximum atomic E-state index is 13.9. The molecule has 0 bridgehead atoms. The molecule has 106 valence electrons. The highest BCUT2D eigenvalue weighted by Gasteiger charge is 2.20. The van der Waals surface area contributed by atoms with E-state index in [1.807, 2.05) is 23.5 Å². The van der Waals surface area contributed by atoms with Crippen molar-refractivity contribution in [2.75, 3.05) is 0 Å². The molecule has 2 aromatic rings. The summed E-state index contributed by atoms with van der Waals surface area (Å²) < 4.78 is 14.7. The zero-order valence-corrected chi connectivity index (χ0v) is 13.4. The molecule has 0 fully saturated rings. The normalized spacial score (nSPS) is 15.3. The van der Waals surface area contributed by atoms with Crippen molar-refractivity contribution in [3.63, 3.8) is 0 Å². The zero-order valence-electron chi connectivity index (χ0n) is 11.0. The Morgan fingerprint density at radius 3 is 2.90 bits per heavy atom. The average molecular weight is 355 g/mol. The van der Waals surface area contributed by atoms with Gasteiger partial charge in [-0.1, -0.05) is 22.0 Å². The number of nitrogens with one attached hydrogen (secondary N) is 1. The van der Waals surface area contributed by atoms with Gasteiger partial charge in [0.2, 0.25) is 0 Å². The van der Waals surface area contributed by atoms with Crippen molar-refractivity contribution in [3.05, 3.63) is 55.4 Å². The van der Waals surface area contributed by atoms with Crippen LogP contribution in [-0.2, 0) is 19.3 Å². The third-order valence-corrected chi connectivity index (χ3v) is 5.59. The van der Waals surface area contributed by atoms with Crippen LogP contribution in [0, 0.1) is 5.82 Å². The van der Waals surface area contributed by atoms with E-state index in [1.165, 1.54) is 34.2 Å². The van der Waals surface area contributed by atoms with Gasteiger partial charge in [-0.2, -0.15) is 0 Å². The third-order valence-electron chi connectivity index (χ3n) is 3.75. The van der Waals surface area contributed by atoms with Crippen molar-refractivity contribution in [1.29, 1.82) is 0 Å². The van der Waals surface area contributed by atoms with Crippen molar-refractivity contribution in [2.45, 2.75) is 31.7 Å². The number of aryl methyl sites for hydroxylation is 2. The number of rotatable bonds is 4. The molecule has 1 aliphatic rings. The summed E-state index contributed by atoms with van der Waals surface area (Å²) in [6, 6.07) is 7.37. The van der Waals surface area contributed by atoms with Gasteiger partial charge in [-0.25, -0.2) is 4.39 Å².